The molecule has 2 aromatic carbocycles. The number of nitrogens with zero attached hydrogens (tertiary/aromatic N) is 2. The van der Waals surface area contributed by atoms with Gasteiger partial charge in [-0.25, -0.2) is 0 Å². The minimum absolute atomic E-state index is 0.0523. The number of halogens is 1. The number of hydrogen-bond donors (Lipinski definition) is 0. The molecule has 0 unspecified atom stereocenters. The second-order valence-electron chi connectivity index (χ2n) is 6.71. The summed E-state index contributed by atoms with van der Waals surface area (Å²) >= 11 is 7.16. The lowest BCUT2D eigenvalue weighted by molar-refractivity contribution is 0.108. The molecule has 0 spiro atoms. The van der Waals surface area contributed by atoms with Crippen LogP contribution in [0.3, 0.4) is 0 Å². The zero-order valence-corrected chi connectivity index (χ0v) is 19.6. The molecule has 0 aliphatic heterocycles. The van der Waals surface area contributed by atoms with Crippen molar-refractivity contribution in [1.29, 1.82) is 5.26 Å². The summed E-state index contributed by atoms with van der Waals surface area (Å²) in [7, 11) is 3.03. The Labute approximate surface area is 192 Å². The van der Waals surface area contributed by atoms with E-state index >= 15 is 0 Å². The molecular formula is C24H25ClN2O3S. The fraction of sp³-hybridized carbons (Fsp3) is 0.292. The van der Waals surface area contributed by atoms with Crippen molar-refractivity contribution in [2.24, 2.45) is 5.16 Å². The van der Waals surface area contributed by atoms with Gasteiger partial charge in [0.05, 0.1) is 24.3 Å². The molecule has 0 aliphatic rings. The number of methoxy groups -OCH3 is 1. The first-order valence-corrected chi connectivity index (χ1v) is 11.3. The molecule has 0 fully saturated rings. The first-order valence-electron chi connectivity index (χ1n) is 9.68. The van der Waals surface area contributed by atoms with Crippen LogP contribution in [0.4, 0.5) is 0 Å². The van der Waals surface area contributed by atoms with Crippen LogP contribution in [0.2, 0.25) is 0 Å². The van der Waals surface area contributed by atoms with Crippen LogP contribution in [0, 0.1) is 18.3 Å². The van der Waals surface area contributed by atoms with Crippen LogP contribution in [-0.4, -0.2) is 30.8 Å². The van der Waals surface area contributed by atoms with Crippen LogP contribution in [-0.2, 0) is 4.84 Å². The average Bonchev–Trinajstić information content (AvgIpc) is 2.78. The molecule has 0 aromatic heterocycles. The molecule has 0 radical (unpaired) electrons. The lowest BCUT2D eigenvalue weighted by Crippen LogP contribution is -2.02. The third-order valence-electron chi connectivity index (χ3n) is 4.65. The van der Waals surface area contributed by atoms with Gasteiger partial charge >= 0.3 is 0 Å². The summed E-state index contributed by atoms with van der Waals surface area (Å²) in [5.41, 5.74) is 4.87. The number of thioether (sulfide) groups is 1. The second-order valence-corrected chi connectivity index (χ2v) is 7.93. The van der Waals surface area contributed by atoms with Crippen LogP contribution in [0.25, 0.3) is 5.57 Å². The number of carbonyl (C=O) groups is 1. The Kier molecular flexibility index (Phi) is 9.64. The highest BCUT2D eigenvalue weighted by Crippen LogP contribution is 2.33. The van der Waals surface area contributed by atoms with E-state index in [0.717, 1.165) is 46.9 Å². The van der Waals surface area contributed by atoms with E-state index in [4.69, 9.17) is 26.4 Å². The van der Waals surface area contributed by atoms with Crippen molar-refractivity contribution in [3.8, 4) is 11.8 Å². The number of oxime groups is 1. The quantitative estimate of drug-likeness (QED) is 0.256. The Balaban J connectivity index is 2.50. The van der Waals surface area contributed by atoms with Crippen LogP contribution in [0.1, 0.15) is 51.9 Å². The Morgan fingerprint density at radius 3 is 2.52 bits per heavy atom. The molecule has 31 heavy (non-hydrogen) atoms. The van der Waals surface area contributed by atoms with E-state index in [1.807, 2.05) is 31.2 Å². The van der Waals surface area contributed by atoms with Crippen LogP contribution in [0.15, 0.2) is 47.6 Å². The number of benzene rings is 2. The molecule has 0 heterocycles. The summed E-state index contributed by atoms with van der Waals surface area (Å²) in [4.78, 5) is 17.2. The lowest BCUT2D eigenvalue weighted by Gasteiger charge is -2.15. The molecule has 0 amide bonds. The summed E-state index contributed by atoms with van der Waals surface area (Å²) in [5, 5.41) is 13.2. The predicted octanol–water partition coefficient (Wildman–Crippen LogP) is 6.18. The maximum absolute atomic E-state index is 12.5. The largest absolute Gasteiger partial charge is 0.496 e. The highest BCUT2D eigenvalue weighted by Gasteiger charge is 2.17. The summed E-state index contributed by atoms with van der Waals surface area (Å²) in [6.45, 7) is 1.93. The molecule has 5 nitrogen and oxygen atoms in total. The van der Waals surface area contributed by atoms with E-state index in [9.17, 15) is 4.79 Å². The number of rotatable bonds is 9. The van der Waals surface area contributed by atoms with Crippen LogP contribution in [0.5, 0.6) is 5.75 Å². The normalized spacial score (nSPS) is 11.7. The minimum atomic E-state index is -0.0523. The molecule has 0 atom stereocenters. The molecular weight excluding hydrogens is 432 g/mol. The van der Waals surface area contributed by atoms with Crippen molar-refractivity contribution in [2.45, 2.75) is 26.2 Å². The monoisotopic (exact) mass is 456 g/mol. The summed E-state index contributed by atoms with van der Waals surface area (Å²) in [6, 6.07) is 13.4. The van der Waals surface area contributed by atoms with E-state index < -0.39 is 0 Å². The Hall–Kier alpha value is -2.75. The van der Waals surface area contributed by atoms with E-state index in [1.165, 1.54) is 7.11 Å². The van der Waals surface area contributed by atoms with Gasteiger partial charge in [0.1, 0.15) is 18.0 Å². The maximum Gasteiger partial charge on any atom is 0.222 e. The molecule has 0 aliphatic carbocycles. The number of ether oxygens (including phenoxy) is 1. The van der Waals surface area contributed by atoms with Gasteiger partial charge in [0.25, 0.3) is 0 Å². The first-order chi connectivity index (χ1) is 14.9. The average molecular weight is 457 g/mol. The molecule has 0 N–H and O–H groups in total. The van der Waals surface area contributed by atoms with Gasteiger partial charge in [-0.1, -0.05) is 46.7 Å². The number of hydrogen-bond acceptors (Lipinski definition) is 6. The number of carbonyl (C=O) groups excluding carboxylic acids is 1. The fourth-order valence-corrected chi connectivity index (χ4v) is 3.80. The van der Waals surface area contributed by atoms with Gasteiger partial charge in [0.2, 0.25) is 5.12 Å². The Morgan fingerprint density at radius 2 is 1.94 bits per heavy atom. The molecule has 162 valence electrons. The molecule has 0 saturated heterocycles. The van der Waals surface area contributed by atoms with Crippen molar-refractivity contribution in [3.63, 3.8) is 0 Å². The van der Waals surface area contributed by atoms with Gasteiger partial charge in [-0.2, -0.15) is 5.26 Å². The zero-order valence-electron chi connectivity index (χ0n) is 18.1. The van der Waals surface area contributed by atoms with E-state index in [1.54, 1.807) is 25.5 Å². The summed E-state index contributed by atoms with van der Waals surface area (Å²) in [6.07, 6.45) is 6.02. The molecule has 2 rings (SSSR count). The van der Waals surface area contributed by atoms with E-state index in [2.05, 4.69) is 17.3 Å². The SMILES string of the molecule is CO/N=C(\Cl)CCC/C=C(/c1ccc(C#N)cc1)c1cc(C)c(OC)c(C(=O)SC)c1. The fourth-order valence-electron chi connectivity index (χ4n) is 3.23. The third-order valence-corrected chi connectivity index (χ3v) is 5.49. The van der Waals surface area contributed by atoms with Gasteiger partial charge in [-0.3, -0.25) is 4.79 Å². The summed E-state index contributed by atoms with van der Waals surface area (Å²) in [5.74, 6) is 0.588. The molecule has 7 heteroatoms. The zero-order chi connectivity index (χ0) is 22.8. The van der Waals surface area contributed by atoms with Gasteiger partial charge < -0.3 is 9.57 Å². The number of unbranched alkanes of at least 4 members (excludes halogenated alkanes) is 1. The van der Waals surface area contributed by atoms with E-state index in [-0.39, 0.29) is 5.12 Å². The van der Waals surface area contributed by atoms with Gasteiger partial charge in [-0.15, -0.1) is 0 Å². The Bertz CT molecular complexity index is 1020. The third kappa shape index (κ3) is 6.61. The Morgan fingerprint density at radius 1 is 1.23 bits per heavy atom. The maximum atomic E-state index is 12.5. The van der Waals surface area contributed by atoms with Crippen molar-refractivity contribution in [3.05, 3.63) is 70.3 Å². The number of nitriles is 1. The van der Waals surface area contributed by atoms with E-state index in [0.29, 0.717) is 28.5 Å². The number of aryl methyl sites for hydroxylation is 1. The second kappa shape index (κ2) is 12.2. The lowest BCUT2D eigenvalue weighted by atomic mass is 9.92. The molecule has 0 bridgehead atoms. The van der Waals surface area contributed by atoms with Crippen LogP contribution < -0.4 is 4.74 Å². The van der Waals surface area contributed by atoms with Gasteiger partial charge in [0.15, 0.2) is 0 Å². The highest BCUT2D eigenvalue weighted by molar-refractivity contribution is 8.13. The van der Waals surface area contributed by atoms with Crippen molar-refractivity contribution < 1.29 is 14.4 Å². The van der Waals surface area contributed by atoms with Crippen molar-refractivity contribution in [1.82, 2.24) is 0 Å². The van der Waals surface area contributed by atoms with Crippen molar-refractivity contribution in [2.75, 3.05) is 20.5 Å². The predicted molar refractivity (Wildman–Crippen MR) is 128 cm³/mol. The minimum Gasteiger partial charge on any atom is -0.496 e. The highest BCUT2D eigenvalue weighted by atomic mass is 35.5. The summed E-state index contributed by atoms with van der Waals surface area (Å²) < 4.78 is 5.49. The standard InChI is InChI=1S/C24H25ClN2O3S/c1-16-13-19(14-21(23(16)29-2)24(28)31-4)20(7-5-6-8-22(25)27-30-3)18-11-9-17(15-26)10-12-18/h7,9-14H,5-6,8H2,1-4H3/b20-7-,27-22-. The van der Waals surface area contributed by atoms with Crippen LogP contribution >= 0.6 is 23.4 Å². The van der Waals surface area contributed by atoms with Gasteiger partial charge in [-0.05, 0) is 72.6 Å². The molecule has 0 saturated carbocycles. The van der Waals surface area contributed by atoms with Gasteiger partial charge in [0, 0.05) is 6.42 Å². The smallest absolute Gasteiger partial charge is 0.222 e. The first kappa shape index (κ1) is 24.5. The number of allylic oxidation sites excluding steroid dienone is 1. The molecule has 2 aromatic rings. The topological polar surface area (TPSA) is 71.7 Å². The van der Waals surface area contributed by atoms with Crippen molar-refractivity contribution >= 4 is 39.2 Å².